The maximum absolute atomic E-state index is 4.36. The SMILES string of the molecule is CC(SCS)C1(C(C)SCS)SCCCS1. The first-order valence-electron chi connectivity index (χ1n) is 5.40. The van der Waals surface area contributed by atoms with Crippen LogP contribution in [0.4, 0.5) is 0 Å². The molecule has 1 aliphatic rings. The molecule has 0 radical (unpaired) electrons. The van der Waals surface area contributed by atoms with Crippen LogP contribution >= 0.6 is 72.3 Å². The minimum absolute atomic E-state index is 0.360. The van der Waals surface area contributed by atoms with Crippen molar-refractivity contribution in [2.45, 2.75) is 34.8 Å². The van der Waals surface area contributed by atoms with Crippen LogP contribution < -0.4 is 0 Å². The third-order valence-electron chi connectivity index (χ3n) is 2.73. The van der Waals surface area contributed by atoms with E-state index >= 15 is 0 Å². The van der Waals surface area contributed by atoms with E-state index in [-0.39, 0.29) is 0 Å². The molecule has 0 bridgehead atoms. The summed E-state index contributed by atoms with van der Waals surface area (Å²) in [7, 11) is 0. The van der Waals surface area contributed by atoms with Crippen molar-refractivity contribution in [1.29, 1.82) is 0 Å². The molecule has 2 atom stereocenters. The van der Waals surface area contributed by atoms with E-state index in [1.165, 1.54) is 17.9 Å². The summed E-state index contributed by atoms with van der Waals surface area (Å²) in [6.45, 7) is 4.73. The average Bonchev–Trinajstić information content (AvgIpc) is 2.30. The molecule has 96 valence electrons. The Morgan fingerprint density at radius 2 is 1.50 bits per heavy atom. The van der Waals surface area contributed by atoms with Gasteiger partial charge in [0, 0.05) is 20.7 Å². The molecule has 0 aromatic carbocycles. The standard InChI is InChI=1S/C10H20S6/c1-8(13-6-11)10(9(2)14-7-12)15-4-3-5-16-10/h8-9,11-12H,3-7H2,1-2H3. The van der Waals surface area contributed by atoms with E-state index in [1.54, 1.807) is 0 Å². The second-order valence-electron chi connectivity index (χ2n) is 3.65. The number of rotatable bonds is 6. The molecule has 0 spiro atoms. The second-order valence-corrected chi connectivity index (χ2v) is 10.8. The molecule has 1 saturated heterocycles. The summed E-state index contributed by atoms with van der Waals surface area (Å²) in [5, 5.41) is 3.15. The van der Waals surface area contributed by atoms with Gasteiger partial charge in [0.05, 0.1) is 4.08 Å². The van der Waals surface area contributed by atoms with E-state index in [4.69, 9.17) is 0 Å². The van der Waals surface area contributed by atoms with E-state index < -0.39 is 0 Å². The second kappa shape index (κ2) is 8.31. The Labute approximate surface area is 128 Å². The summed E-state index contributed by atoms with van der Waals surface area (Å²) < 4.78 is 0.360. The number of thioether (sulfide) groups is 4. The minimum Gasteiger partial charge on any atom is -0.168 e. The molecule has 0 amide bonds. The van der Waals surface area contributed by atoms with Crippen molar-refractivity contribution in [2.75, 3.05) is 21.7 Å². The minimum atomic E-state index is 0.360. The zero-order valence-electron chi connectivity index (χ0n) is 9.72. The van der Waals surface area contributed by atoms with Crippen LogP contribution in [0.1, 0.15) is 20.3 Å². The van der Waals surface area contributed by atoms with E-state index in [0.717, 1.165) is 10.2 Å². The molecular formula is C10H20S6. The Morgan fingerprint density at radius 1 is 1.06 bits per heavy atom. The van der Waals surface area contributed by atoms with Gasteiger partial charge in [0.25, 0.3) is 0 Å². The summed E-state index contributed by atoms with van der Waals surface area (Å²) >= 11 is 17.0. The van der Waals surface area contributed by atoms with Gasteiger partial charge in [0.15, 0.2) is 0 Å². The molecule has 0 saturated carbocycles. The lowest BCUT2D eigenvalue weighted by Crippen LogP contribution is -2.43. The molecule has 1 aliphatic heterocycles. The number of hydrogen-bond donors (Lipinski definition) is 2. The predicted octanol–water partition coefficient (Wildman–Crippen LogP) is 4.57. The molecule has 6 heteroatoms. The summed E-state index contributed by atoms with van der Waals surface area (Å²) in [6, 6.07) is 0. The quantitative estimate of drug-likeness (QED) is 0.540. The van der Waals surface area contributed by atoms with Crippen LogP contribution in [0.2, 0.25) is 0 Å². The van der Waals surface area contributed by atoms with Crippen LogP contribution in [-0.2, 0) is 0 Å². The first kappa shape index (κ1) is 16.2. The van der Waals surface area contributed by atoms with Crippen molar-refractivity contribution in [1.82, 2.24) is 0 Å². The van der Waals surface area contributed by atoms with E-state index in [1.807, 2.05) is 23.5 Å². The fourth-order valence-electron chi connectivity index (χ4n) is 1.82. The van der Waals surface area contributed by atoms with Gasteiger partial charge in [-0.2, -0.15) is 25.3 Å². The first-order chi connectivity index (χ1) is 7.67. The Bertz CT molecular complexity index is 178. The molecule has 1 fully saturated rings. The molecular weight excluding hydrogens is 313 g/mol. The molecule has 2 unspecified atom stereocenters. The zero-order valence-corrected chi connectivity index (χ0v) is 14.8. The largest absolute Gasteiger partial charge is 0.168 e. The Hall–Kier alpha value is 2.10. The van der Waals surface area contributed by atoms with Crippen molar-refractivity contribution in [3.8, 4) is 0 Å². The molecule has 0 nitrogen and oxygen atoms in total. The molecule has 16 heavy (non-hydrogen) atoms. The van der Waals surface area contributed by atoms with E-state index in [0.29, 0.717) is 14.6 Å². The fourth-order valence-corrected chi connectivity index (χ4v) is 9.37. The third-order valence-corrected chi connectivity index (χ3v) is 10.3. The highest BCUT2D eigenvalue weighted by atomic mass is 32.2. The van der Waals surface area contributed by atoms with Crippen LogP contribution in [0.5, 0.6) is 0 Å². The normalized spacial score (nSPS) is 24.0. The van der Waals surface area contributed by atoms with Crippen LogP contribution in [0, 0.1) is 0 Å². The van der Waals surface area contributed by atoms with Crippen LogP contribution in [0.3, 0.4) is 0 Å². The van der Waals surface area contributed by atoms with Gasteiger partial charge < -0.3 is 0 Å². The van der Waals surface area contributed by atoms with Crippen LogP contribution in [0.25, 0.3) is 0 Å². The topological polar surface area (TPSA) is 0 Å². The lowest BCUT2D eigenvalue weighted by molar-refractivity contribution is 0.762. The molecule has 0 aromatic rings. The molecule has 0 N–H and O–H groups in total. The number of hydrogen-bond acceptors (Lipinski definition) is 6. The van der Waals surface area contributed by atoms with Gasteiger partial charge in [0.2, 0.25) is 0 Å². The maximum atomic E-state index is 4.36. The lowest BCUT2D eigenvalue weighted by Gasteiger charge is -2.44. The predicted molar refractivity (Wildman–Crippen MR) is 94.1 cm³/mol. The maximum Gasteiger partial charge on any atom is 0.0841 e. The Morgan fingerprint density at radius 3 is 1.88 bits per heavy atom. The van der Waals surface area contributed by atoms with Gasteiger partial charge in [-0.25, -0.2) is 0 Å². The first-order valence-corrected chi connectivity index (χ1v) is 10.7. The smallest absolute Gasteiger partial charge is 0.0841 e. The molecule has 0 aliphatic carbocycles. The van der Waals surface area contributed by atoms with Gasteiger partial charge >= 0.3 is 0 Å². The molecule has 1 rings (SSSR count). The highest BCUT2D eigenvalue weighted by Gasteiger charge is 2.44. The monoisotopic (exact) mass is 332 g/mol. The van der Waals surface area contributed by atoms with Crippen molar-refractivity contribution in [3.63, 3.8) is 0 Å². The van der Waals surface area contributed by atoms with Gasteiger partial charge in [-0.15, -0.1) is 47.0 Å². The highest BCUT2D eigenvalue weighted by molar-refractivity contribution is 8.22. The Balaban J connectivity index is 2.73. The van der Waals surface area contributed by atoms with Crippen LogP contribution in [0.15, 0.2) is 0 Å². The zero-order chi connectivity index (χ0) is 12.0. The van der Waals surface area contributed by atoms with Crippen LogP contribution in [-0.4, -0.2) is 36.3 Å². The summed E-state index contributed by atoms with van der Waals surface area (Å²) in [4.78, 5) is 0. The van der Waals surface area contributed by atoms with E-state index in [2.05, 4.69) is 62.6 Å². The van der Waals surface area contributed by atoms with Gasteiger partial charge in [-0.3, -0.25) is 0 Å². The van der Waals surface area contributed by atoms with Crippen molar-refractivity contribution < 1.29 is 0 Å². The lowest BCUT2D eigenvalue weighted by atomic mass is 10.2. The van der Waals surface area contributed by atoms with Gasteiger partial charge in [-0.05, 0) is 17.9 Å². The Kier molecular flexibility index (Phi) is 8.39. The van der Waals surface area contributed by atoms with E-state index in [9.17, 15) is 0 Å². The molecule has 1 heterocycles. The van der Waals surface area contributed by atoms with Gasteiger partial charge in [0.1, 0.15) is 0 Å². The highest BCUT2D eigenvalue weighted by Crippen LogP contribution is 2.53. The summed E-state index contributed by atoms with van der Waals surface area (Å²) in [6.07, 6.45) is 1.35. The fraction of sp³-hybridized carbons (Fsp3) is 1.00. The van der Waals surface area contributed by atoms with Crippen molar-refractivity contribution >= 4 is 72.3 Å². The average molecular weight is 333 g/mol. The van der Waals surface area contributed by atoms with Gasteiger partial charge in [-0.1, -0.05) is 13.8 Å². The summed E-state index contributed by atoms with van der Waals surface area (Å²) in [5.41, 5.74) is 0. The van der Waals surface area contributed by atoms with Crippen molar-refractivity contribution in [2.24, 2.45) is 0 Å². The third kappa shape index (κ3) is 4.05. The summed E-state index contributed by atoms with van der Waals surface area (Å²) in [5.74, 6) is 2.61. The molecule has 0 aromatic heterocycles. The number of thiol groups is 2. The van der Waals surface area contributed by atoms with Crippen molar-refractivity contribution in [3.05, 3.63) is 0 Å².